The van der Waals surface area contributed by atoms with Crippen LogP contribution in [-0.2, 0) is 0 Å². The minimum Gasteiger partial charge on any atom is -0.244 e. The summed E-state index contributed by atoms with van der Waals surface area (Å²) in [7, 11) is 0. The smallest absolute Gasteiger partial charge is 0.244 e. The van der Waals surface area contributed by atoms with E-state index in [0.29, 0.717) is 0 Å². The van der Waals surface area contributed by atoms with Crippen molar-refractivity contribution in [1.82, 2.24) is 12.8 Å². The first-order chi connectivity index (χ1) is 6.00. The number of hydrogen-bond acceptors (Lipinski definition) is 3. The fourth-order valence-electron chi connectivity index (χ4n) is 0.574. The zero-order valence-corrected chi connectivity index (χ0v) is 7.28. The van der Waals surface area contributed by atoms with Crippen molar-refractivity contribution < 1.29 is 0 Å². The van der Waals surface area contributed by atoms with Crippen molar-refractivity contribution in [2.45, 2.75) is 0 Å². The van der Waals surface area contributed by atoms with E-state index in [9.17, 15) is 14.4 Å². The van der Waals surface area contributed by atoms with E-state index in [1.165, 1.54) is 0 Å². The molecule has 0 amide bonds. The molecule has 9 heteroatoms. The monoisotopic (exact) mass is 222 g/mol. The summed E-state index contributed by atoms with van der Waals surface area (Å²) in [5, 5.41) is 0. The molecule has 0 saturated heterocycles. The van der Waals surface area contributed by atoms with Crippen LogP contribution in [0.3, 0.4) is 0 Å². The summed E-state index contributed by atoms with van der Waals surface area (Å²) in [6, 6.07) is 0. The minimum atomic E-state index is -1.25. The Bertz CT molecular complexity index is 518. The Morgan fingerprint density at radius 1 is 1.00 bits per heavy atom. The van der Waals surface area contributed by atoms with Crippen LogP contribution in [0.1, 0.15) is 0 Å². The van der Waals surface area contributed by atoms with E-state index in [-0.39, 0.29) is 12.8 Å². The van der Waals surface area contributed by atoms with Crippen molar-refractivity contribution in [3.8, 4) is 0 Å². The molecule has 0 spiro atoms. The summed E-state index contributed by atoms with van der Waals surface area (Å²) in [6.07, 6.45) is 0. The van der Waals surface area contributed by atoms with Crippen molar-refractivity contribution in [3.63, 3.8) is 0 Å². The van der Waals surface area contributed by atoms with Gasteiger partial charge in [-0.05, 0) is 0 Å². The summed E-state index contributed by atoms with van der Waals surface area (Å²) >= 11 is 10.2. The van der Waals surface area contributed by atoms with Crippen LogP contribution in [-0.4, -0.2) is 12.8 Å². The average Bonchev–Trinajstić information content (AvgIpc) is 2.13. The van der Waals surface area contributed by atoms with Crippen molar-refractivity contribution in [2.75, 3.05) is 0 Å². The molecule has 0 saturated carbocycles. The maximum atomic E-state index is 10.9. The highest BCUT2D eigenvalue weighted by molar-refractivity contribution is 6.17. The van der Waals surface area contributed by atoms with Crippen molar-refractivity contribution in [3.05, 3.63) is 43.0 Å². The van der Waals surface area contributed by atoms with E-state index in [4.69, 9.17) is 30.1 Å². The van der Waals surface area contributed by atoms with E-state index in [0.717, 1.165) is 0 Å². The molecule has 0 aliphatic carbocycles. The van der Waals surface area contributed by atoms with Gasteiger partial charge in [0.1, 0.15) is 0 Å². The summed E-state index contributed by atoms with van der Waals surface area (Å²) < 4.78 is 0.0975. The quantitative estimate of drug-likeness (QED) is 0.522. The van der Waals surface area contributed by atoms with Crippen LogP contribution in [0.15, 0.2) is 14.4 Å². The maximum Gasteiger partial charge on any atom is 0.420 e. The summed E-state index contributed by atoms with van der Waals surface area (Å²) in [5.74, 6) is 0. The molecule has 68 valence electrons. The van der Waals surface area contributed by atoms with Crippen LogP contribution < -0.4 is 17.1 Å². The topological polar surface area (TPSA) is 70.4 Å². The molecule has 0 unspecified atom stereocenters. The predicted molar refractivity (Wildman–Crippen MR) is 43.7 cm³/mol. The van der Waals surface area contributed by atoms with E-state index < -0.39 is 17.1 Å². The molecule has 7 nitrogen and oxygen atoms in total. The predicted octanol–water partition coefficient (Wildman–Crippen LogP) is -1.14. The molecule has 1 heterocycles. The average molecular weight is 223 g/mol. The standard InChI is InChI=1S/C4Cl2N4O3/c1-7-10-3(12)8(5)2(11)9(6)4(10)13. The van der Waals surface area contributed by atoms with Crippen LogP contribution in [0.5, 0.6) is 0 Å². The second-order valence-corrected chi connectivity index (χ2v) is 2.50. The lowest BCUT2D eigenvalue weighted by atomic mass is 11.0. The van der Waals surface area contributed by atoms with Crippen molar-refractivity contribution >= 4 is 23.6 Å². The zero-order chi connectivity index (χ0) is 10.2. The first-order valence-electron chi connectivity index (χ1n) is 2.72. The molecule has 0 N–H and O–H groups in total. The molecule has 0 aromatic carbocycles. The molecule has 0 fully saturated rings. The lowest BCUT2D eigenvalue weighted by molar-refractivity contribution is 0.722. The third kappa shape index (κ3) is 1.26. The Hall–Kier alpha value is -1.52. The molecular formula is C4Cl2N4O3. The lowest BCUT2D eigenvalue weighted by Gasteiger charge is -1.93. The minimum absolute atomic E-state index is 0.0292. The van der Waals surface area contributed by atoms with Gasteiger partial charge < -0.3 is 0 Å². The van der Waals surface area contributed by atoms with Crippen LogP contribution in [0.25, 0.3) is 4.95 Å². The fourth-order valence-corrected chi connectivity index (χ4v) is 0.907. The number of aromatic nitrogens is 3. The molecule has 1 aromatic heterocycles. The summed E-state index contributed by atoms with van der Waals surface area (Å²) in [5.41, 5.74) is -3.70. The Labute approximate surface area is 80.0 Å². The number of hydrogen-bond donors (Lipinski definition) is 0. The van der Waals surface area contributed by atoms with Crippen LogP contribution in [0.4, 0.5) is 0 Å². The Morgan fingerprint density at radius 3 is 1.69 bits per heavy atom. The highest BCUT2D eigenvalue weighted by Crippen LogP contribution is 1.76. The third-order valence-corrected chi connectivity index (χ3v) is 1.71. The molecule has 1 aromatic rings. The lowest BCUT2D eigenvalue weighted by Crippen LogP contribution is -2.47. The second-order valence-electron chi connectivity index (χ2n) is 1.82. The Morgan fingerprint density at radius 2 is 1.38 bits per heavy atom. The highest BCUT2D eigenvalue weighted by atomic mass is 35.5. The number of nitrogens with zero attached hydrogens (tertiary/aromatic N) is 4. The van der Waals surface area contributed by atoms with E-state index in [2.05, 4.69) is 4.95 Å². The molecular weight excluding hydrogens is 223 g/mol. The van der Waals surface area contributed by atoms with Gasteiger partial charge in [-0.1, -0.05) is 0 Å². The Kier molecular flexibility index (Phi) is 2.27. The fraction of sp³-hybridized carbons (Fsp3) is 0. The van der Waals surface area contributed by atoms with Gasteiger partial charge in [0, 0.05) is 23.6 Å². The first kappa shape index (κ1) is 9.57. The molecule has 1 rings (SSSR count). The van der Waals surface area contributed by atoms with Gasteiger partial charge in [-0.2, -0.15) is 6.57 Å². The highest BCUT2D eigenvalue weighted by Gasteiger charge is 2.15. The van der Waals surface area contributed by atoms with E-state index in [1.54, 1.807) is 0 Å². The van der Waals surface area contributed by atoms with Gasteiger partial charge in [-0.15, -0.1) is 13.1 Å². The number of rotatable bonds is 0. The zero-order valence-electron chi connectivity index (χ0n) is 5.77. The summed E-state index contributed by atoms with van der Waals surface area (Å²) in [4.78, 5) is 35.2. The second kappa shape index (κ2) is 3.08. The molecule has 0 radical (unpaired) electrons. The van der Waals surface area contributed by atoms with Gasteiger partial charge in [-0.3, -0.25) is 0 Å². The molecule has 13 heavy (non-hydrogen) atoms. The van der Waals surface area contributed by atoms with Gasteiger partial charge in [-0.25, -0.2) is 14.4 Å². The normalized spacial score (nSPS) is 9.62. The molecule has 0 aliphatic heterocycles. The van der Waals surface area contributed by atoms with Gasteiger partial charge >= 0.3 is 17.1 Å². The van der Waals surface area contributed by atoms with Crippen molar-refractivity contribution in [2.24, 2.45) is 0 Å². The largest absolute Gasteiger partial charge is 0.420 e. The van der Waals surface area contributed by atoms with Gasteiger partial charge in [0.15, 0.2) is 0 Å². The van der Waals surface area contributed by atoms with E-state index in [1.807, 2.05) is 0 Å². The number of halogens is 2. The summed E-state index contributed by atoms with van der Waals surface area (Å²) in [6.45, 7) is 6.43. The Balaban J connectivity index is 4.04. The van der Waals surface area contributed by atoms with Crippen LogP contribution in [0, 0.1) is 6.57 Å². The van der Waals surface area contributed by atoms with Gasteiger partial charge in [0.2, 0.25) is 0 Å². The van der Waals surface area contributed by atoms with Crippen LogP contribution >= 0.6 is 23.6 Å². The maximum absolute atomic E-state index is 10.9. The van der Waals surface area contributed by atoms with Gasteiger partial charge in [0.25, 0.3) is 0 Å². The third-order valence-electron chi connectivity index (χ3n) is 1.13. The van der Waals surface area contributed by atoms with E-state index >= 15 is 0 Å². The molecule has 0 bridgehead atoms. The molecule has 0 aliphatic rings. The first-order valence-corrected chi connectivity index (χ1v) is 3.39. The van der Waals surface area contributed by atoms with Crippen LogP contribution in [0.2, 0.25) is 0 Å². The SMILES string of the molecule is [C-]#[N+]n1c(=O)n(Cl)c(=O)n(Cl)c1=O. The van der Waals surface area contributed by atoms with Crippen molar-refractivity contribution in [1.29, 1.82) is 0 Å². The molecule has 0 atom stereocenters. The van der Waals surface area contributed by atoms with Gasteiger partial charge in [0.05, 0.1) is 4.68 Å².